The van der Waals surface area contributed by atoms with E-state index in [1.807, 2.05) is 32.9 Å². The lowest BCUT2D eigenvalue weighted by Gasteiger charge is -2.34. The minimum absolute atomic E-state index is 0.0150. The summed E-state index contributed by atoms with van der Waals surface area (Å²) in [4.78, 5) is 0. The highest BCUT2D eigenvalue weighted by Crippen LogP contribution is 2.43. The molecule has 3 N–H and O–H groups in total. The van der Waals surface area contributed by atoms with Crippen LogP contribution < -0.4 is 4.74 Å². The van der Waals surface area contributed by atoms with Crippen molar-refractivity contribution in [3.05, 3.63) is 70.3 Å². The molecule has 0 saturated carbocycles. The molecule has 4 nitrogen and oxygen atoms in total. The molecule has 0 aromatic heterocycles. The van der Waals surface area contributed by atoms with Crippen molar-refractivity contribution in [3.63, 3.8) is 0 Å². The van der Waals surface area contributed by atoms with Crippen LogP contribution in [0.15, 0.2) is 42.5 Å². The van der Waals surface area contributed by atoms with E-state index in [0.29, 0.717) is 37.0 Å². The number of aryl methyl sites for hydroxylation is 2. The van der Waals surface area contributed by atoms with Crippen molar-refractivity contribution in [3.8, 4) is 5.75 Å². The SMILES string of the molecule is CCC(CC)(c1ccc(OCC(O)CCCO)c(C)c1)c1ccc(C(O)=CC(C(F)(F)F)C(F)(F)F)c(C)c1. The van der Waals surface area contributed by atoms with Crippen molar-refractivity contribution in [2.75, 3.05) is 13.2 Å². The third-order valence-corrected chi connectivity index (χ3v) is 7.15. The van der Waals surface area contributed by atoms with Crippen molar-refractivity contribution < 1.29 is 46.4 Å². The molecule has 39 heavy (non-hydrogen) atoms. The van der Waals surface area contributed by atoms with Gasteiger partial charge in [-0.05, 0) is 73.9 Å². The quantitative estimate of drug-likeness (QED) is 0.184. The van der Waals surface area contributed by atoms with E-state index >= 15 is 0 Å². The lowest BCUT2D eigenvalue weighted by atomic mass is 9.70. The molecule has 0 fully saturated rings. The molecule has 0 heterocycles. The Kier molecular flexibility index (Phi) is 10.9. The maximum Gasteiger partial charge on any atom is 0.404 e. The molecule has 0 aliphatic rings. The Labute approximate surface area is 224 Å². The number of allylic oxidation sites excluding steroid dienone is 1. The van der Waals surface area contributed by atoms with Gasteiger partial charge >= 0.3 is 12.4 Å². The highest BCUT2D eigenvalue weighted by Gasteiger charge is 2.55. The maximum atomic E-state index is 13.0. The lowest BCUT2D eigenvalue weighted by Crippen LogP contribution is -2.35. The monoisotopic (exact) mass is 562 g/mol. The molecule has 1 unspecified atom stereocenters. The smallest absolute Gasteiger partial charge is 0.404 e. The van der Waals surface area contributed by atoms with Crippen LogP contribution in [-0.4, -0.2) is 47.0 Å². The number of hydrogen-bond acceptors (Lipinski definition) is 4. The molecular formula is C29H36F6O4. The second-order valence-electron chi connectivity index (χ2n) is 9.74. The lowest BCUT2D eigenvalue weighted by molar-refractivity contribution is -0.267. The normalized spacial score (nSPS) is 14.1. The summed E-state index contributed by atoms with van der Waals surface area (Å²) in [5.41, 5.74) is 2.28. The zero-order chi connectivity index (χ0) is 29.6. The molecule has 2 aromatic carbocycles. The Morgan fingerprint density at radius 1 is 0.897 bits per heavy atom. The first kappa shape index (κ1) is 32.5. The van der Waals surface area contributed by atoms with Crippen molar-refractivity contribution in [1.82, 2.24) is 0 Å². The summed E-state index contributed by atoms with van der Waals surface area (Å²) >= 11 is 0. The average molecular weight is 563 g/mol. The van der Waals surface area contributed by atoms with Gasteiger partial charge in [-0.25, -0.2) is 0 Å². The molecule has 0 bridgehead atoms. The summed E-state index contributed by atoms with van der Waals surface area (Å²) in [6, 6.07) is 10.3. The maximum absolute atomic E-state index is 13.0. The van der Waals surface area contributed by atoms with Crippen LogP contribution in [0, 0.1) is 19.8 Å². The fraction of sp³-hybridized carbons (Fsp3) is 0.517. The number of halogens is 6. The Morgan fingerprint density at radius 2 is 1.44 bits per heavy atom. The topological polar surface area (TPSA) is 69.9 Å². The Bertz CT molecular complexity index is 1110. The summed E-state index contributed by atoms with van der Waals surface area (Å²) in [5.74, 6) is -4.28. The molecule has 10 heteroatoms. The van der Waals surface area contributed by atoms with Gasteiger partial charge in [0.2, 0.25) is 0 Å². The second kappa shape index (κ2) is 13.1. The van der Waals surface area contributed by atoms with Gasteiger partial charge in [0.25, 0.3) is 0 Å². The molecule has 0 saturated heterocycles. The summed E-state index contributed by atoms with van der Waals surface area (Å²) < 4.78 is 83.7. The second-order valence-corrected chi connectivity index (χ2v) is 9.74. The van der Waals surface area contributed by atoms with Crippen LogP contribution in [0.2, 0.25) is 0 Å². The highest BCUT2D eigenvalue weighted by atomic mass is 19.4. The Balaban J connectivity index is 2.42. The number of alkyl halides is 6. The van der Waals surface area contributed by atoms with Gasteiger partial charge < -0.3 is 20.1 Å². The fourth-order valence-corrected chi connectivity index (χ4v) is 4.81. The molecule has 0 spiro atoms. The van der Waals surface area contributed by atoms with E-state index < -0.39 is 35.5 Å². The number of ether oxygens (including phenoxy) is 1. The van der Waals surface area contributed by atoms with Crippen LogP contribution in [0.3, 0.4) is 0 Å². The van der Waals surface area contributed by atoms with Gasteiger partial charge in [-0.2, -0.15) is 26.3 Å². The number of rotatable bonds is 12. The van der Waals surface area contributed by atoms with Crippen LogP contribution in [-0.2, 0) is 5.41 Å². The minimum Gasteiger partial charge on any atom is -0.508 e. The van der Waals surface area contributed by atoms with Crippen molar-refractivity contribution in [2.24, 2.45) is 5.92 Å². The van der Waals surface area contributed by atoms with Crippen LogP contribution in [0.1, 0.15) is 67.3 Å². The molecule has 0 aliphatic carbocycles. The molecular weight excluding hydrogens is 526 g/mol. The summed E-state index contributed by atoms with van der Waals surface area (Å²) in [6.45, 7) is 7.42. The third kappa shape index (κ3) is 7.91. The van der Waals surface area contributed by atoms with Gasteiger partial charge in [0.15, 0.2) is 5.92 Å². The average Bonchev–Trinajstić information content (AvgIpc) is 2.85. The van der Waals surface area contributed by atoms with E-state index in [-0.39, 0.29) is 24.9 Å². The molecule has 2 aromatic rings. The number of aliphatic hydroxyl groups is 3. The van der Waals surface area contributed by atoms with Crippen molar-refractivity contribution in [2.45, 2.75) is 77.2 Å². The van der Waals surface area contributed by atoms with E-state index in [4.69, 9.17) is 9.84 Å². The van der Waals surface area contributed by atoms with Gasteiger partial charge in [0.1, 0.15) is 18.1 Å². The predicted octanol–water partition coefficient (Wildman–Crippen LogP) is 7.56. The van der Waals surface area contributed by atoms with E-state index in [0.717, 1.165) is 16.7 Å². The fourth-order valence-electron chi connectivity index (χ4n) is 4.81. The first-order valence-electron chi connectivity index (χ1n) is 12.8. The number of benzene rings is 2. The third-order valence-electron chi connectivity index (χ3n) is 7.15. The van der Waals surface area contributed by atoms with E-state index in [1.54, 1.807) is 18.2 Å². The van der Waals surface area contributed by atoms with Crippen LogP contribution in [0.4, 0.5) is 26.3 Å². The molecule has 1 atom stereocenters. The predicted molar refractivity (Wildman–Crippen MR) is 138 cm³/mol. The van der Waals surface area contributed by atoms with Crippen molar-refractivity contribution >= 4 is 5.76 Å². The van der Waals surface area contributed by atoms with Gasteiger partial charge in [-0.15, -0.1) is 0 Å². The molecule has 218 valence electrons. The number of hydrogen-bond donors (Lipinski definition) is 3. The largest absolute Gasteiger partial charge is 0.508 e. The Morgan fingerprint density at radius 3 is 1.90 bits per heavy atom. The summed E-state index contributed by atoms with van der Waals surface area (Å²) in [7, 11) is 0. The van der Waals surface area contributed by atoms with Gasteiger partial charge in [-0.1, -0.05) is 44.2 Å². The van der Waals surface area contributed by atoms with Crippen LogP contribution >= 0.6 is 0 Å². The van der Waals surface area contributed by atoms with E-state index in [2.05, 4.69) is 0 Å². The Hall–Kier alpha value is -2.72. The van der Waals surface area contributed by atoms with Gasteiger partial charge in [0, 0.05) is 17.6 Å². The summed E-state index contributed by atoms with van der Waals surface area (Å²) in [5, 5.41) is 29.1. The highest BCUT2D eigenvalue weighted by molar-refractivity contribution is 5.63. The molecule has 2 rings (SSSR count). The summed E-state index contributed by atoms with van der Waals surface area (Å²) in [6.07, 6.45) is -9.92. The van der Waals surface area contributed by atoms with E-state index in [1.165, 1.54) is 13.0 Å². The van der Waals surface area contributed by atoms with Gasteiger partial charge in [0.05, 0.1) is 6.10 Å². The van der Waals surface area contributed by atoms with Crippen LogP contribution in [0.5, 0.6) is 5.75 Å². The minimum atomic E-state index is -5.59. The first-order chi connectivity index (χ1) is 18.1. The van der Waals surface area contributed by atoms with Gasteiger partial charge in [-0.3, -0.25) is 0 Å². The van der Waals surface area contributed by atoms with Crippen LogP contribution in [0.25, 0.3) is 5.76 Å². The molecule has 0 aliphatic heterocycles. The molecule has 0 radical (unpaired) electrons. The first-order valence-corrected chi connectivity index (χ1v) is 12.8. The number of aliphatic hydroxyl groups excluding tert-OH is 3. The zero-order valence-corrected chi connectivity index (χ0v) is 22.5. The molecule has 0 amide bonds. The van der Waals surface area contributed by atoms with E-state index in [9.17, 15) is 36.6 Å². The standard InChI is InChI=1S/C29H36F6O4/c1-5-27(6-2,21-10-12-25(19(4)15-21)39-17-22(37)8-7-13-36)20-9-11-23(18(3)14-20)24(38)16-26(28(30,31)32)29(33,34)35/h9-12,14-16,22,26,36-38H,5-8,13,17H2,1-4H3. The zero-order valence-electron chi connectivity index (χ0n) is 22.5. The van der Waals surface area contributed by atoms with Crippen molar-refractivity contribution in [1.29, 1.82) is 0 Å².